The molecule has 8 nitrogen and oxygen atoms in total. The van der Waals surface area contributed by atoms with E-state index in [0.29, 0.717) is 48.0 Å². The number of rotatable bonds is 5. The van der Waals surface area contributed by atoms with Crippen LogP contribution in [0.1, 0.15) is 37.3 Å². The van der Waals surface area contributed by atoms with Gasteiger partial charge in [0.05, 0.1) is 16.7 Å². The maximum absolute atomic E-state index is 13.7. The first-order chi connectivity index (χ1) is 19.4. The average molecular weight is 563 g/mol. The van der Waals surface area contributed by atoms with Crippen molar-refractivity contribution in [3.8, 4) is 5.69 Å². The molecule has 2 aliphatic rings. The van der Waals surface area contributed by atoms with Gasteiger partial charge in [0, 0.05) is 42.8 Å². The Bertz CT molecular complexity index is 1580. The Labute approximate surface area is 236 Å². The Kier molecular flexibility index (Phi) is 7.33. The van der Waals surface area contributed by atoms with Crippen LogP contribution in [0.5, 0.6) is 0 Å². The highest BCUT2D eigenvalue weighted by Crippen LogP contribution is 2.30. The first-order valence-corrected chi connectivity index (χ1v) is 14.1. The van der Waals surface area contributed by atoms with Crippen LogP contribution >= 0.6 is 11.6 Å². The van der Waals surface area contributed by atoms with Crippen molar-refractivity contribution in [3.63, 3.8) is 0 Å². The Hall–Kier alpha value is -3.69. The van der Waals surface area contributed by atoms with Crippen molar-refractivity contribution in [1.82, 2.24) is 23.9 Å². The number of halogens is 2. The summed E-state index contributed by atoms with van der Waals surface area (Å²) in [5.74, 6) is 0.414. The van der Waals surface area contributed by atoms with Crippen LogP contribution in [0.4, 0.5) is 10.2 Å². The predicted octanol–water partition coefficient (Wildman–Crippen LogP) is 4.64. The normalized spacial score (nSPS) is 17.5. The maximum atomic E-state index is 13.7. The average Bonchev–Trinajstić information content (AvgIpc) is 3.24. The quantitative estimate of drug-likeness (QED) is 0.383. The van der Waals surface area contributed by atoms with Crippen LogP contribution in [-0.4, -0.2) is 56.0 Å². The summed E-state index contributed by atoms with van der Waals surface area (Å²) >= 11 is 6.29. The Morgan fingerprint density at radius 1 is 0.950 bits per heavy atom. The fourth-order valence-electron chi connectivity index (χ4n) is 6.18. The van der Waals surface area contributed by atoms with Crippen molar-refractivity contribution < 1.29 is 9.18 Å². The first kappa shape index (κ1) is 26.5. The number of nitrogens with two attached hydrogens (primary N) is 1. The highest BCUT2D eigenvalue weighted by Gasteiger charge is 2.32. The van der Waals surface area contributed by atoms with E-state index >= 15 is 0 Å². The third kappa shape index (κ3) is 5.23. The fourth-order valence-corrected chi connectivity index (χ4v) is 6.34. The van der Waals surface area contributed by atoms with Crippen LogP contribution in [0.15, 0.2) is 65.6 Å². The van der Waals surface area contributed by atoms with Crippen LogP contribution < -0.4 is 11.4 Å². The number of nitrogen functional groups attached to an aromatic ring is 1. The SMILES string of the molecule is Nc1cc(CN2CCC(C(=O)N3CCC(n4c(=O)n(-c5ccc(F)cc5)c5cc(Cl)ccc54)CC3)CC2)ccn1. The van der Waals surface area contributed by atoms with Crippen LogP contribution in [0.2, 0.25) is 5.02 Å². The largest absolute Gasteiger partial charge is 0.384 e. The second-order valence-corrected chi connectivity index (χ2v) is 11.2. The molecule has 0 bridgehead atoms. The summed E-state index contributed by atoms with van der Waals surface area (Å²) in [6.45, 7) is 3.78. The molecule has 0 atom stereocenters. The number of nitrogens with zero attached hydrogens (tertiary/aromatic N) is 5. The Morgan fingerprint density at radius 3 is 2.38 bits per heavy atom. The van der Waals surface area contributed by atoms with Gasteiger partial charge >= 0.3 is 5.69 Å². The molecule has 2 fully saturated rings. The van der Waals surface area contributed by atoms with Crippen molar-refractivity contribution in [1.29, 1.82) is 0 Å². The van der Waals surface area contributed by atoms with E-state index in [1.165, 1.54) is 12.1 Å². The molecule has 40 heavy (non-hydrogen) atoms. The number of aromatic nitrogens is 3. The van der Waals surface area contributed by atoms with Crippen molar-refractivity contribution in [3.05, 3.63) is 87.7 Å². The van der Waals surface area contributed by atoms with Gasteiger partial charge in [-0.3, -0.25) is 18.8 Å². The third-order valence-corrected chi connectivity index (χ3v) is 8.48. The summed E-state index contributed by atoms with van der Waals surface area (Å²) in [6.07, 6.45) is 4.79. The number of hydrogen-bond acceptors (Lipinski definition) is 5. The topological polar surface area (TPSA) is 89.4 Å². The van der Waals surface area contributed by atoms with Crippen molar-refractivity contribution in [2.75, 3.05) is 31.9 Å². The van der Waals surface area contributed by atoms with Gasteiger partial charge in [-0.25, -0.2) is 14.2 Å². The lowest BCUT2D eigenvalue weighted by molar-refractivity contribution is -0.138. The summed E-state index contributed by atoms with van der Waals surface area (Å²) in [5, 5.41) is 0.525. The lowest BCUT2D eigenvalue weighted by Gasteiger charge is -2.37. The van der Waals surface area contributed by atoms with Gasteiger partial charge in [-0.15, -0.1) is 0 Å². The zero-order valence-corrected chi connectivity index (χ0v) is 22.9. The van der Waals surface area contributed by atoms with Crippen LogP contribution in [-0.2, 0) is 11.3 Å². The number of likely N-dealkylation sites (tertiary alicyclic amines) is 2. The summed E-state index contributed by atoms with van der Waals surface area (Å²) < 4.78 is 17.0. The van der Waals surface area contributed by atoms with Gasteiger partial charge in [0.15, 0.2) is 0 Å². The molecule has 1 amide bonds. The predicted molar refractivity (Wildman–Crippen MR) is 154 cm³/mol. The van der Waals surface area contributed by atoms with Gasteiger partial charge in [0.25, 0.3) is 0 Å². The zero-order chi connectivity index (χ0) is 27.8. The van der Waals surface area contributed by atoms with E-state index in [2.05, 4.69) is 9.88 Å². The van der Waals surface area contributed by atoms with Crippen LogP contribution in [0.25, 0.3) is 16.7 Å². The highest BCUT2D eigenvalue weighted by molar-refractivity contribution is 6.31. The van der Waals surface area contributed by atoms with E-state index in [1.54, 1.807) is 35.0 Å². The van der Waals surface area contributed by atoms with E-state index in [-0.39, 0.29) is 29.4 Å². The number of benzene rings is 2. The first-order valence-electron chi connectivity index (χ1n) is 13.8. The third-order valence-electron chi connectivity index (χ3n) is 8.25. The number of amides is 1. The van der Waals surface area contributed by atoms with Crippen molar-refractivity contribution >= 4 is 34.4 Å². The number of anilines is 1. The molecule has 6 rings (SSSR count). The van der Waals surface area contributed by atoms with E-state index < -0.39 is 0 Å². The molecule has 0 unspecified atom stereocenters. The zero-order valence-electron chi connectivity index (χ0n) is 22.2. The highest BCUT2D eigenvalue weighted by atomic mass is 35.5. The molecule has 0 spiro atoms. The standard InChI is InChI=1S/C30H32ClFN6O2/c31-22-1-6-26-27(18-22)38(24-4-2-23(32)3-5-24)30(40)37(26)25-10-15-36(16-11-25)29(39)21-8-13-35(14-9-21)19-20-7-12-34-28(33)17-20/h1-7,12,17-18,21,25H,8-11,13-16,19H2,(H2,33,34). The van der Waals surface area contributed by atoms with Gasteiger partial charge < -0.3 is 10.6 Å². The second kappa shape index (κ2) is 11.1. The molecule has 208 valence electrons. The van der Waals surface area contributed by atoms with Crippen LogP contribution in [0.3, 0.4) is 0 Å². The van der Waals surface area contributed by atoms with E-state index in [1.807, 2.05) is 27.7 Å². The number of carbonyl (C=O) groups excluding carboxylic acids is 1. The Balaban J connectivity index is 1.13. The number of hydrogen-bond donors (Lipinski definition) is 1. The minimum atomic E-state index is -0.361. The molecule has 4 heterocycles. The van der Waals surface area contributed by atoms with E-state index in [0.717, 1.165) is 43.6 Å². The molecule has 4 aromatic rings. The summed E-state index contributed by atoms with van der Waals surface area (Å²) in [7, 11) is 0. The van der Waals surface area contributed by atoms with Gasteiger partial charge in [-0.1, -0.05) is 11.6 Å². The molecule has 2 aromatic heterocycles. The molecular formula is C30H32ClFN6O2. The number of imidazole rings is 1. The van der Waals surface area contributed by atoms with Gasteiger partial charge in [0.1, 0.15) is 11.6 Å². The molecular weight excluding hydrogens is 531 g/mol. The minimum absolute atomic E-state index is 0.0283. The molecule has 10 heteroatoms. The maximum Gasteiger partial charge on any atom is 0.333 e. The molecule has 0 aliphatic carbocycles. The lowest BCUT2D eigenvalue weighted by Crippen LogP contribution is -2.46. The number of fused-ring (bicyclic) bond motifs is 1. The molecule has 0 saturated carbocycles. The second-order valence-electron chi connectivity index (χ2n) is 10.8. The van der Waals surface area contributed by atoms with Gasteiger partial charge in [-0.05, 0) is 98.9 Å². The van der Waals surface area contributed by atoms with Crippen molar-refractivity contribution in [2.45, 2.75) is 38.3 Å². The number of piperidine rings is 2. The molecule has 2 N–H and O–H groups in total. The summed E-state index contributed by atoms with van der Waals surface area (Å²) in [4.78, 5) is 35.5. The minimum Gasteiger partial charge on any atom is -0.384 e. The molecule has 2 aliphatic heterocycles. The molecule has 2 aromatic carbocycles. The van der Waals surface area contributed by atoms with Crippen molar-refractivity contribution in [2.24, 2.45) is 5.92 Å². The molecule has 0 radical (unpaired) electrons. The monoisotopic (exact) mass is 562 g/mol. The molecule has 2 saturated heterocycles. The lowest BCUT2D eigenvalue weighted by atomic mass is 9.93. The van der Waals surface area contributed by atoms with E-state index in [4.69, 9.17) is 17.3 Å². The van der Waals surface area contributed by atoms with Crippen LogP contribution in [0, 0.1) is 11.7 Å². The smallest absolute Gasteiger partial charge is 0.333 e. The summed E-state index contributed by atoms with van der Waals surface area (Å²) in [5.41, 5.74) is 8.82. The van der Waals surface area contributed by atoms with Gasteiger partial charge in [-0.2, -0.15) is 0 Å². The van der Waals surface area contributed by atoms with Gasteiger partial charge in [0.2, 0.25) is 5.91 Å². The Morgan fingerprint density at radius 2 is 1.68 bits per heavy atom. The number of carbonyl (C=O) groups is 1. The van der Waals surface area contributed by atoms with E-state index in [9.17, 15) is 14.0 Å². The summed E-state index contributed by atoms with van der Waals surface area (Å²) in [6, 6.07) is 15.1. The number of pyridine rings is 1. The fraction of sp³-hybridized carbons (Fsp3) is 0.367.